The van der Waals surface area contributed by atoms with Gasteiger partial charge in [-0.15, -0.1) is 11.3 Å². The highest BCUT2D eigenvalue weighted by atomic mass is 35.5. The molecule has 0 atom stereocenters. The molecule has 0 radical (unpaired) electrons. The minimum absolute atomic E-state index is 0.217. The van der Waals surface area contributed by atoms with Crippen LogP contribution in [0, 0.1) is 5.92 Å². The van der Waals surface area contributed by atoms with Crippen molar-refractivity contribution in [2.75, 3.05) is 19.7 Å². The van der Waals surface area contributed by atoms with Gasteiger partial charge in [-0.1, -0.05) is 11.6 Å². The van der Waals surface area contributed by atoms with E-state index >= 15 is 0 Å². The number of piperidine rings is 1. The van der Waals surface area contributed by atoms with Crippen molar-refractivity contribution in [1.82, 2.24) is 9.88 Å². The summed E-state index contributed by atoms with van der Waals surface area (Å²) >= 11 is 7.23. The number of hydrogen-bond acceptors (Lipinski definition) is 5. The topological polar surface area (TPSA) is 51.7 Å². The molecule has 7 heteroatoms. The lowest BCUT2D eigenvalue weighted by Gasteiger charge is -2.33. The quantitative estimate of drug-likeness (QED) is 0.828. The number of hydrogen-bond donors (Lipinski definition) is 0. The molecule has 0 aromatic carbocycles. The van der Waals surface area contributed by atoms with Crippen LogP contribution in [0.3, 0.4) is 0 Å². The number of thiazole rings is 1. The second kappa shape index (κ2) is 7.62. The van der Waals surface area contributed by atoms with E-state index < -0.39 is 5.60 Å². The lowest BCUT2D eigenvalue weighted by atomic mass is 9.98. The van der Waals surface area contributed by atoms with Crippen molar-refractivity contribution in [3.05, 3.63) is 15.5 Å². The Morgan fingerprint density at radius 3 is 2.68 bits per heavy atom. The molecule has 2 heterocycles. The van der Waals surface area contributed by atoms with Gasteiger partial charge >= 0.3 is 6.09 Å². The summed E-state index contributed by atoms with van der Waals surface area (Å²) in [6, 6.07) is 0. The highest BCUT2D eigenvalue weighted by Gasteiger charge is 2.26. The molecule has 0 bridgehead atoms. The van der Waals surface area contributed by atoms with E-state index in [1.807, 2.05) is 20.8 Å². The van der Waals surface area contributed by atoms with E-state index in [0.29, 0.717) is 23.6 Å². The van der Waals surface area contributed by atoms with Gasteiger partial charge in [0.1, 0.15) is 5.60 Å². The Morgan fingerprint density at radius 1 is 1.45 bits per heavy atom. The first-order chi connectivity index (χ1) is 10.3. The van der Waals surface area contributed by atoms with Gasteiger partial charge < -0.3 is 14.4 Å². The number of carbonyl (C=O) groups is 1. The summed E-state index contributed by atoms with van der Waals surface area (Å²) in [7, 11) is 0. The Bertz CT molecular complexity index is 493. The minimum Gasteiger partial charge on any atom is -0.444 e. The van der Waals surface area contributed by atoms with E-state index in [0.717, 1.165) is 30.8 Å². The Morgan fingerprint density at radius 2 is 2.14 bits per heavy atom. The first-order valence-electron chi connectivity index (χ1n) is 7.49. The van der Waals surface area contributed by atoms with Crippen LogP contribution in [-0.2, 0) is 16.1 Å². The summed E-state index contributed by atoms with van der Waals surface area (Å²) < 4.78 is 11.7. The molecule has 0 unspecified atom stereocenters. The van der Waals surface area contributed by atoms with Crippen LogP contribution in [0.2, 0.25) is 4.47 Å². The van der Waals surface area contributed by atoms with Gasteiger partial charge in [0, 0.05) is 19.3 Å². The molecule has 2 rings (SSSR count). The summed E-state index contributed by atoms with van der Waals surface area (Å²) in [6.07, 6.45) is 3.43. The normalized spacial score (nSPS) is 16.8. The molecule has 1 aliphatic rings. The Hall–Kier alpha value is -0.850. The molecule has 5 nitrogen and oxygen atoms in total. The summed E-state index contributed by atoms with van der Waals surface area (Å²) in [5.74, 6) is 0.488. The summed E-state index contributed by atoms with van der Waals surface area (Å²) in [5, 5.41) is 0. The van der Waals surface area contributed by atoms with Crippen LogP contribution in [0.15, 0.2) is 6.20 Å². The molecule has 1 saturated heterocycles. The number of aromatic nitrogens is 1. The van der Waals surface area contributed by atoms with Crippen LogP contribution in [-0.4, -0.2) is 41.3 Å². The van der Waals surface area contributed by atoms with Crippen molar-refractivity contribution in [2.24, 2.45) is 5.92 Å². The van der Waals surface area contributed by atoms with Crippen LogP contribution in [0.25, 0.3) is 0 Å². The molecule has 0 spiro atoms. The highest BCUT2D eigenvalue weighted by molar-refractivity contribution is 7.15. The maximum absolute atomic E-state index is 12.0. The zero-order valence-electron chi connectivity index (χ0n) is 13.3. The largest absolute Gasteiger partial charge is 0.444 e. The van der Waals surface area contributed by atoms with Gasteiger partial charge in [-0.25, -0.2) is 9.78 Å². The third-order valence-corrected chi connectivity index (χ3v) is 4.48. The molecule has 0 N–H and O–H groups in total. The van der Waals surface area contributed by atoms with Gasteiger partial charge in [0.15, 0.2) is 4.47 Å². The lowest BCUT2D eigenvalue weighted by Crippen LogP contribution is -2.42. The first-order valence-corrected chi connectivity index (χ1v) is 8.69. The Kier molecular flexibility index (Phi) is 6.06. The number of carbonyl (C=O) groups excluding carboxylic acids is 1. The van der Waals surface area contributed by atoms with Crippen LogP contribution < -0.4 is 0 Å². The first kappa shape index (κ1) is 17.5. The van der Waals surface area contributed by atoms with Gasteiger partial charge in [-0.05, 0) is 39.5 Å². The number of rotatable bonds is 4. The number of amides is 1. The van der Waals surface area contributed by atoms with Crippen molar-refractivity contribution in [2.45, 2.75) is 45.8 Å². The zero-order valence-corrected chi connectivity index (χ0v) is 14.9. The molecule has 22 heavy (non-hydrogen) atoms. The van der Waals surface area contributed by atoms with Gasteiger partial charge in [0.25, 0.3) is 0 Å². The average Bonchev–Trinajstić information content (AvgIpc) is 2.83. The number of nitrogens with zero attached hydrogens (tertiary/aromatic N) is 2. The van der Waals surface area contributed by atoms with Gasteiger partial charge in [0.05, 0.1) is 18.1 Å². The lowest BCUT2D eigenvalue weighted by molar-refractivity contribution is 0.0106. The second-order valence-electron chi connectivity index (χ2n) is 6.51. The average molecular weight is 347 g/mol. The van der Waals surface area contributed by atoms with E-state index in [1.54, 1.807) is 11.1 Å². The van der Waals surface area contributed by atoms with Crippen LogP contribution in [0.1, 0.15) is 38.5 Å². The predicted octanol–water partition coefficient (Wildman–Crippen LogP) is 3.96. The molecule has 1 fully saturated rings. The minimum atomic E-state index is -0.437. The van der Waals surface area contributed by atoms with E-state index in [2.05, 4.69) is 4.98 Å². The SMILES string of the molecule is CC(C)(C)OC(=O)N1CCC(COCc2cnc(Cl)s2)CC1. The van der Waals surface area contributed by atoms with E-state index in [1.165, 1.54) is 11.3 Å². The summed E-state index contributed by atoms with van der Waals surface area (Å²) in [5.41, 5.74) is -0.437. The molecule has 1 amide bonds. The molecule has 1 aliphatic heterocycles. The molecule has 1 aromatic heterocycles. The fourth-order valence-electron chi connectivity index (χ4n) is 2.29. The Balaban J connectivity index is 1.65. The number of halogens is 1. The highest BCUT2D eigenvalue weighted by Crippen LogP contribution is 2.22. The number of likely N-dealkylation sites (tertiary alicyclic amines) is 1. The van der Waals surface area contributed by atoms with Crippen LogP contribution in [0.5, 0.6) is 0 Å². The molecule has 1 aromatic rings. The molecule has 0 aliphatic carbocycles. The second-order valence-corrected chi connectivity index (χ2v) is 8.20. The van der Waals surface area contributed by atoms with E-state index in [9.17, 15) is 4.79 Å². The fraction of sp³-hybridized carbons (Fsp3) is 0.733. The maximum atomic E-state index is 12.0. The molecule has 124 valence electrons. The third kappa shape index (κ3) is 5.74. The van der Waals surface area contributed by atoms with Crippen molar-refractivity contribution in [3.63, 3.8) is 0 Å². The number of ether oxygens (including phenoxy) is 2. The zero-order chi connectivity index (χ0) is 16.2. The van der Waals surface area contributed by atoms with Crippen LogP contribution in [0.4, 0.5) is 4.79 Å². The van der Waals surface area contributed by atoms with E-state index in [4.69, 9.17) is 21.1 Å². The smallest absolute Gasteiger partial charge is 0.410 e. The van der Waals surface area contributed by atoms with E-state index in [-0.39, 0.29) is 6.09 Å². The third-order valence-electron chi connectivity index (χ3n) is 3.39. The maximum Gasteiger partial charge on any atom is 0.410 e. The fourth-order valence-corrected chi connectivity index (χ4v) is 3.20. The molecular formula is C15H23ClN2O3S. The van der Waals surface area contributed by atoms with Crippen LogP contribution >= 0.6 is 22.9 Å². The van der Waals surface area contributed by atoms with Gasteiger partial charge in [-0.3, -0.25) is 0 Å². The Labute approximate surface area is 140 Å². The molecule has 0 saturated carbocycles. The van der Waals surface area contributed by atoms with Gasteiger partial charge in [-0.2, -0.15) is 0 Å². The summed E-state index contributed by atoms with van der Waals surface area (Å²) in [6.45, 7) is 8.38. The van der Waals surface area contributed by atoms with Crippen molar-refractivity contribution in [1.29, 1.82) is 0 Å². The standard InChI is InChI=1S/C15H23ClN2O3S/c1-15(2,3)21-14(19)18-6-4-11(5-7-18)9-20-10-12-8-17-13(16)22-12/h8,11H,4-7,9-10H2,1-3H3. The van der Waals surface area contributed by atoms with Crippen molar-refractivity contribution < 1.29 is 14.3 Å². The summed E-state index contributed by atoms with van der Waals surface area (Å²) in [4.78, 5) is 18.8. The van der Waals surface area contributed by atoms with Gasteiger partial charge in [0.2, 0.25) is 0 Å². The monoisotopic (exact) mass is 346 g/mol. The predicted molar refractivity (Wildman–Crippen MR) is 87.3 cm³/mol. The van der Waals surface area contributed by atoms with Crippen molar-refractivity contribution in [3.8, 4) is 0 Å². The molecular weight excluding hydrogens is 324 g/mol. The van der Waals surface area contributed by atoms with Crippen molar-refractivity contribution >= 4 is 29.0 Å².